The quantitative estimate of drug-likeness (QED) is 0.291. The number of rotatable bonds is 4. The van der Waals surface area contributed by atoms with E-state index in [0.29, 0.717) is 29.5 Å². The van der Waals surface area contributed by atoms with Crippen LogP contribution in [-0.4, -0.2) is 26.9 Å². The number of benzene rings is 2. The van der Waals surface area contributed by atoms with E-state index < -0.39 is 37.0 Å². The molecule has 0 unspecified atom stereocenters. The summed E-state index contributed by atoms with van der Waals surface area (Å²) in [6.45, 7) is 9.52. The summed E-state index contributed by atoms with van der Waals surface area (Å²) in [6, 6.07) is 14.2. The molecule has 2 aliphatic carbocycles. The van der Waals surface area contributed by atoms with Crippen molar-refractivity contribution in [3.63, 3.8) is 0 Å². The molecule has 202 valence electrons. The van der Waals surface area contributed by atoms with Crippen LogP contribution in [0, 0.1) is 17.8 Å². The maximum absolute atomic E-state index is 13.7. The van der Waals surface area contributed by atoms with Gasteiger partial charge in [0.15, 0.2) is 28.5 Å². The van der Waals surface area contributed by atoms with Crippen molar-refractivity contribution >= 4 is 57.9 Å². The van der Waals surface area contributed by atoms with Crippen LogP contribution in [0.15, 0.2) is 48.5 Å². The number of ketones is 4. The van der Waals surface area contributed by atoms with Crippen LogP contribution in [0.1, 0.15) is 75.6 Å². The predicted molar refractivity (Wildman–Crippen MR) is 151 cm³/mol. The largest absolute Gasteiger partial charge is 0.298 e. The third-order valence-corrected chi connectivity index (χ3v) is 9.02. The van der Waals surface area contributed by atoms with Gasteiger partial charge in [-0.15, -0.1) is 0 Å². The first-order chi connectivity index (χ1) is 17.4. The minimum atomic E-state index is -2.18. The van der Waals surface area contributed by atoms with Crippen molar-refractivity contribution in [2.75, 3.05) is 0 Å². The third kappa shape index (κ3) is 4.78. The Balaban J connectivity index is 1.78. The van der Waals surface area contributed by atoms with Gasteiger partial charge in [0.25, 0.3) is 0 Å². The molecule has 2 aromatic carbocycles. The highest BCUT2D eigenvalue weighted by Crippen LogP contribution is 2.54. The van der Waals surface area contributed by atoms with Crippen LogP contribution < -0.4 is 0 Å². The smallest absolute Gasteiger partial charge is 0.213 e. The second kappa shape index (κ2) is 9.57. The number of aryl methyl sites for hydroxylation is 1. The van der Waals surface area contributed by atoms with E-state index in [4.69, 9.17) is 34.8 Å². The van der Waals surface area contributed by atoms with E-state index in [1.54, 1.807) is 24.3 Å². The van der Waals surface area contributed by atoms with Crippen LogP contribution in [0.2, 0.25) is 0 Å². The highest BCUT2D eigenvalue weighted by Gasteiger charge is 2.63. The molecule has 0 N–H and O–H groups in total. The first-order valence-electron chi connectivity index (χ1n) is 12.8. The summed E-state index contributed by atoms with van der Waals surface area (Å²) < 4.78 is -2.18. The number of Topliss-reactive ketones (excluding diaryl/α,β-unsaturated/α-hetero) is 4. The zero-order valence-corrected chi connectivity index (χ0v) is 24.7. The molecule has 0 saturated heterocycles. The van der Waals surface area contributed by atoms with Crippen molar-refractivity contribution in [1.82, 2.24) is 0 Å². The van der Waals surface area contributed by atoms with Crippen LogP contribution in [0.25, 0.3) is 0 Å². The van der Waals surface area contributed by atoms with E-state index in [1.165, 1.54) is 0 Å². The average molecular weight is 576 g/mol. The fourth-order valence-electron chi connectivity index (χ4n) is 6.18. The van der Waals surface area contributed by atoms with Crippen molar-refractivity contribution in [1.29, 1.82) is 0 Å². The zero-order chi connectivity index (χ0) is 28.3. The molecule has 0 heterocycles. The molecule has 0 amide bonds. The highest BCUT2D eigenvalue weighted by molar-refractivity contribution is 6.71. The third-order valence-electron chi connectivity index (χ3n) is 8.17. The van der Waals surface area contributed by atoms with Crippen molar-refractivity contribution < 1.29 is 19.2 Å². The van der Waals surface area contributed by atoms with Crippen molar-refractivity contribution in [2.45, 2.75) is 81.3 Å². The van der Waals surface area contributed by atoms with Gasteiger partial charge in [0.1, 0.15) is 5.41 Å². The van der Waals surface area contributed by atoms with Crippen LogP contribution in [0.4, 0.5) is 0 Å². The van der Waals surface area contributed by atoms with Gasteiger partial charge in [-0.25, -0.2) is 0 Å². The van der Waals surface area contributed by atoms with E-state index in [1.807, 2.05) is 58.9 Å². The molecule has 2 fully saturated rings. The Morgan fingerprint density at radius 1 is 0.632 bits per heavy atom. The van der Waals surface area contributed by atoms with E-state index in [0.717, 1.165) is 5.56 Å². The molecule has 2 aromatic rings. The summed E-state index contributed by atoms with van der Waals surface area (Å²) in [5.41, 5.74) is -1.42. The van der Waals surface area contributed by atoms with E-state index >= 15 is 0 Å². The normalized spacial score (nSPS) is 22.4. The molecule has 2 saturated carbocycles. The molecule has 4 nitrogen and oxygen atoms in total. The molecule has 0 bridgehead atoms. The first kappa shape index (κ1) is 29.0. The molecular weight excluding hydrogens is 543 g/mol. The summed E-state index contributed by atoms with van der Waals surface area (Å²) in [7, 11) is 0. The predicted octanol–water partition coefficient (Wildman–Crippen LogP) is 7.00. The standard InChI is InChI=1S/C31H33Cl3O4/c1-19-6-10-21(11-7-19)29(23(35)15-27(2,3)16-24(29)36)14-20-8-12-22(13-9-20)30(31(32,33)34)25(37)17-28(4,5)18-26(30)38/h6-13H,14-18H2,1-5H3. The van der Waals surface area contributed by atoms with E-state index in [2.05, 4.69) is 0 Å². The minimum absolute atomic E-state index is 0.101. The molecular formula is C31H33Cl3O4. The summed E-state index contributed by atoms with van der Waals surface area (Å²) in [4.78, 5) is 54.3. The molecule has 0 spiro atoms. The van der Waals surface area contributed by atoms with Gasteiger partial charge in [0.2, 0.25) is 3.79 Å². The van der Waals surface area contributed by atoms with Gasteiger partial charge < -0.3 is 0 Å². The second-order valence-electron chi connectivity index (χ2n) is 12.6. The number of hydrogen-bond acceptors (Lipinski definition) is 4. The number of carbonyl (C=O) groups is 4. The molecule has 7 heteroatoms. The lowest BCUT2D eigenvalue weighted by Gasteiger charge is -2.44. The fourth-order valence-corrected chi connectivity index (χ4v) is 7.14. The van der Waals surface area contributed by atoms with Crippen LogP contribution in [0.3, 0.4) is 0 Å². The summed E-state index contributed by atoms with van der Waals surface area (Å²) >= 11 is 19.1. The SMILES string of the molecule is Cc1ccc(C2(Cc3ccc(C4(C(Cl)(Cl)Cl)C(=O)CC(C)(C)CC4=O)cc3)C(=O)CC(C)(C)CC2=O)cc1. The van der Waals surface area contributed by atoms with E-state index in [9.17, 15) is 19.2 Å². The van der Waals surface area contributed by atoms with Crippen molar-refractivity contribution in [2.24, 2.45) is 10.8 Å². The highest BCUT2D eigenvalue weighted by atomic mass is 35.6. The van der Waals surface area contributed by atoms with Gasteiger partial charge in [-0.1, -0.05) is 117 Å². The Kier molecular flexibility index (Phi) is 7.30. The molecule has 2 aliphatic rings. The monoisotopic (exact) mass is 574 g/mol. The first-order valence-corrected chi connectivity index (χ1v) is 13.9. The van der Waals surface area contributed by atoms with Gasteiger partial charge in [0.05, 0.1) is 0 Å². The number of carbonyl (C=O) groups excluding carboxylic acids is 4. The van der Waals surface area contributed by atoms with Gasteiger partial charge in [0, 0.05) is 25.7 Å². The zero-order valence-electron chi connectivity index (χ0n) is 22.4. The molecule has 0 atom stereocenters. The van der Waals surface area contributed by atoms with Gasteiger partial charge >= 0.3 is 0 Å². The van der Waals surface area contributed by atoms with Crippen molar-refractivity contribution in [3.05, 3.63) is 70.8 Å². The second-order valence-corrected chi connectivity index (χ2v) is 14.9. The van der Waals surface area contributed by atoms with Gasteiger partial charge in [-0.2, -0.15) is 0 Å². The maximum atomic E-state index is 13.7. The lowest BCUT2D eigenvalue weighted by molar-refractivity contribution is -0.143. The maximum Gasteiger partial charge on any atom is 0.213 e. The van der Waals surface area contributed by atoms with Gasteiger partial charge in [-0.05, 0) is 40.9 Å². The Morgan fingerprint density at radius 2 is 1.03 bits per heavy atom. The summed E-state index contributed by atoms with van der Waals surface area (Å²) in [6.07, 6.45) is 0.951. The Bertz CT molecular complexity index is 1260. The summed E-state index contributed by atoms with van der Waals surface area (Å²) in [5.74, 6) is -1.07. The Morgan fingerprint density at radius 3 is 1.45 bits per heavy atom. The number of hydrogen-bond donors (Lipinski definition) is 0. The Hall–Kier alpha value is -2.01. The molecule has 0 radical (unpaired) electrons. The molecule has 38 heavy (non-hydrogen) atoms. The number of alkyl halides is 3. The minimum Gasteiger partial charge on any atom is -0.298 e. The lowest BCUT2D eigenvalue weighted by Crippen LogP contribution is -2.58. The van der Waals surface area contributed by atoms with E-state index in [-0.39, 0.29) is 30.8 Å². The molecule has 0 aliphatic heterocycles. The molecule has 0 aromatic heterocycles. The summed E-state index contributed by atoms with van der Waals surface area (Å²) in [5, 5.41) is 0. The van der Waals surface area contributed by atoms with Crippen molar-refractivity contribution in [3.8, 4) is 0 Å². The van der Waals surface area contributed by atoms with Crippen LogP contribution in [-0.2, 0) is 36.4 Å². The Labute approximate surface area is 239 Å². The average Bonchev–Trinajstić information content (AvgIpc) is 2.75. The topological polar surface area (TPSA) is 68.3 Å². The number of halogens is 3. The lowest BCUT2D eigenvalue weighted by atomic mass is 9.58. The van der Waals surface area contributed by atoms with Crippen LogP contribution in [0.5, 0.6) is 0 Å². The van der Waals surface area contributed by atoms with Gasteiger partial charge in [-0.3, -0.25) is 19.2 Å². The van der Waals surface area contributed by atoms with Crippen LogP contribution >= 0.6 is 34.8 Å². The fraction of sp³-hybridized carbons (Fsp3) is 0.484. The molecule has 4 rings (SSSR count).